The SMILES string of the molecule is C=CCC1(c2cccs2)C(c2ccsc2)C1(C=C(C)C)c1ccoc1. The number of rotatable bonds is 6. The second kappa shape index (κ2) is 6.15. The molecule has 4 rings (SSSR count). The van der Waals surface area contributed by atoms with Crippen LogP contribution in [0.1, 0.15) is 42.2 Å². The van der Waals surface area contributed by atoms with E-state index in [1.807, 2.05) is 17.6 Å². The van der Waals surface area contributed by atoms with Gasteiger partial charge in [-0.15, -0.1) is 17.9 Å². The Morgan fingerprint density at radius 2 is 2.16 bits per heavy atom. The summed E-state index contributed by atoms with van der Waals surface area (Å²) in [5.41, 5.74) is 3.94. The zero-order valence-electron chi connectivity index (χ0n) is 14.6. The monoisotopic (exact) mass is 366 g/mol. The molecule has 25 heavy (non-hydrogen) atoms. The van der Waals surface area contributed by atoms with E-state index in [1.54, 1.807) is 17.6 Å². The van der Waals surface area contributed by atoms with Gasteiger partial charge < -0.3 is 4.42 Å². The molecule has 0 radical (unpaired) electrons. The molecule has 3 unspecified atom stereocenters. The van der Waals surface area contributed by atoms with Crippen LogP contribution in [0, 0.1) is 0 Å². The molecule has 1 aliphatic rings. The second-order valence-corrected chi connectivity index (χ2v) is 8.76. The Morgan fingerprint density at radius 3 is 2.72 bits per heavy atom. The molecule has 128 valence electrons. The minimum Gasteiger partial charge on any atom is -0.472 e. The molecular formula is C22H22OS2. The summed E-state index contributed by atoms with van der Waals surface area (Å²) in [4.78, 5) is 1.43. The average molecular weight is 367 g/mol. The van der Waals surface area contributed by atoms with E-state index in [0.29, 0.717) is 5.92 Å². The highest BCUT2D eigenvalue weighted by Gasteiger charge is 2.76. The van der Waals surface area contributed by atoms with Gasteiger partial charge in [0.25, 0.3) is 0 Å². The number of furan rings is 1. The summed E-state index contributed by atoms with van der Waals surface area (Å²) in [5, 5.41) is 6.67. The largest absolute Gasteiger partial charge is 0.472 e. The molecular weight excluding hydrogens is 344 g/mol. The lowest BCUT2D eigenvalue weighted by Gasteiger charge is -2.21. The molecule has 3 atom stereocenters. The number of hydrogen-bond donors (Lipinski definition) is 0. The van der Waals surface area contributed by atoms with Crippen molar-refractivity contribution in [2.45, 2.75) is 37.0 Å². The molecule has 0 spiro atoms. The van der Waals surface area contributed by atoms with Crippen molar-refractivity contribution in [1.29, 1.82) is 0 Å². The van der Waals surface area contributed by atoms with Gasteiger partial charge in [0.05, 0.1) is 12.5 Å². The Kier molecular flexibility index (Phi) is 4.09. The van der Waals surface area contributed by atoms with E-state index in [4.69, 9.17) is 4.42 Å². The molecule has 3 aromatic heterocycles. The predicted molar refractivity (Wildman–Crippen MR) is 108 cm³/mol. The van der Waals surface area contributed by atoms with Crippen LogP contribution in [0.5, 0.6) is 0 Å². The molecule has 3 heteroatoms. The van der Waals surface area contributed by atoms with Gasteiger partial charge >= 0.3 is 0 Å². The van der Waals surface area contributed by atoms with Crippen molar-refractivity contribution in [1.82, 2.24) is 0 Å². The minimum atomic E-state index is -0.0844. The highest BCUT2D eigenvalue weighted by Crippen LogP contribution is 2.78. The van der Waals surface area contributed by atoms with E-state index in [0.717, 1.165) is 6.42 Å². The summed E-state index contributed by atoms with van der Waals surface area (Å²) in [6, 6.07) is 8.86. The Labute approximate surface area is 157 Å². The van der Waals surface area contributed by atoms with Crippen molar-refractivity contribution in [3.8, 4) is 0 Å². The van der Waals surface area contributed by atoms with Crippen molar-refractivity contribution >= 4 is 22.7 Å². The summed E-state index contributed by atoms with van der Waals surface area (Å²) in [5.74, 6) is 0.399. The quantitative estimate of drug-likeness (QED) is 0.432. The molecule has 1 aliphatic carbocycles. The van der Waals surface area contributed by atoms with Gasteiger partial charge in [-0.25, -0.2) is 0 Å². The highest BCUT2D eigenvalue weighted by atomic mass is 32.1. The molecule has 0 bridgehead atoms. The minimum absolute atomic E-state index is 0.00509. The number of thiophene rings is 2. The van der Waals surface area contributed by atoms with E-state index < -0.39 is 0 Å². The molecule has 0 aliphatic heterocycles. The number of allylic oxidation sites excluding steroid dienone is 3. The van der Waals surface area contributed by atoms with Crippen LogP contribution < -0.4 is 0 Å². The van der Waals surface area contributed by atoms with Gasteiger partial charge in [0.2, 0.25) is 0 Å². The van der Waals surface area contributed by atoms with Gasteiger partial charge in [-0.2, -0.15) is 11.3 Å². The van der Waals surface area contributed by atoms with Crippen LogP contribution in [0.4, 0.5) is 0 Å². The van der Waals surface area contributed by atoms with E-state index in [-0.39, 0.29) is 10.8 Å². The zero-order chi connectivity index (χ0) is 17.5. The molecule has 3 heterocycles. The third-order valence-electron chi connectivity index (χ3n) is 5.42. The third kappa shape index (κ3) is 2.26. The van der Waals surface area contributed by atoms with Gasteiger partial charge in [0.1, 0.15) is 0 Å². The van der Waals surface area contributed by atoms with Crippen LogP contribution in [0.15, 0.2) is 81.7 Å². The average Bonchev–Trinajstić information content (AvgIpc) is 3.23. The first-order chi connectivity index (χ1) is 12.2. The standard InChI is InChI=1S/C22H22OS2/c1-4-9-21(19-6-5-11-25-19)20(17-8-12-24-15-17)22(21,13-16(2)3)18-7-10-23-14-18/h4-8,10-15,20H,1,9H2,2-3H3. The van der Waals surface area contributed by atoms with Crippen LogP contribution in [-0.4, -0.2) is 0 Å². The highest BCUT2D eigenvalue weighted by molar-refractivity contribution is 7.10. The summed E-state index contributed by atoms with van der Waals surface area (Å²) >= 11 is 3.63. The fourth-order valence-corrected chi connectivity index (χ4v) is 6.44. The maximum absolute atomic E-state index is 5.53. The molecule has 3 aromatic rings. The van der Waals surface area contributed by atoms with Gasteiger partial charge in [-0.3, -0.25) is 0 Å². The van der Waals surface area contributed by atoms with Crippen molar-refractivity contribution in [2.75, 3.05) is 0 Å². The van der Waals surface area contributed by atoms with E-state index in [1.165, 1.54) is 21.6 Å². The first-order valence-corrected chi connectivity index (χ1v) is 10.3. The summed E-state index contributed by atoms with van der Waals surface area (Å²) in [6.45, 7) is 8.49. The molecule has 1 fully saturated rings. The summed E-state index contributed by atoms with van der Waals surface area (Å²) in [6.07, 6.45) is 9.22. The zero-order valence-corrected chi connectivity index (χ0v) is 16.2. The first kappa shape index (κ1) is 16.6. The topological polar surface area (TPSA) is 13.1 Å². The summed E-state index contributed by atoms with van der Waals surface area (Å²) < 4.78 is 5.53. The predicted octanol–water partition coefficient (Wildman–Crippen LogP) is 6.92. The van der Waals surface area contributed by atoms with Gasteiger partial charge in [-0.05, 0) is 60.2 Å². The van der Waals surface area contributed by atoms with Gasteiger partial charge in [-0.1, -0.05) is 23.8 Å². The lowest BCUT2D eigenvalue weighted by Crippen LogP contribution is -2.19. The molecule has 0 N–H and O–H groups in total. The Hall–Kier alpha value is -1.84. The lowest BCUT2D eigenvalue weighted by molar-refractivity contribution is 0.554. The lowest BCUT2D eigenvalue weighted by atomic mass is 9.83. The maximum Gasteiger partial charge on any atom is 0.0943 e. The molecule has 0 aromatic carbocycles. The fourth-order valence-electron chi connectivity index (χ4n) is 4.71. The van der Waals surface area contributed by atoms with Gasteiger partial charge in [0, 0.05) is 27.2 Å². The second-order valence-electron chi connectivity index (χ2n) is 7.03. The van der Waals surface area contributed by atoms with Crippen molar-refractivity contribution < 1.29 is 4.42 Å². The van der Waals surface area contributed by atoms with Crippen LogP contribution in [0.3, 0.4) is 0 Å². The van der Waals surface area contributed by atoms with Crippen LogP contribution in [-0.2, 0) is 10.8 Å². The molecule has 1 saturated carbocycles. The van der Waals surface area contributed by atoms with Crippen LogP contribution >= 0.6 is 22.7 Å². The van der Waals surface area contributed by atoms with Crippen molar-refractivity contribution in [2.24, 2.45) is 0 Å². The third-order valence-corrected chi connectivity index (χ3v) is 7.17. The van der Waals surface area contributed by atoms with E-state index in [9.17, 15) is 0 Å². The number of hydrogen-bond acceptors (Lipinski definition) is 3. The normalized spacial score (nSPS) is 27.8. The molecule has 0 saturated heterocycles. The Bertz CT molecular complexity index is 867. The smallest absolute Gasteiger partial charge is 0.0943 e. The van der Waals surface area contributed by atoms with Crippen LogP contribution in [0.2, 0.25) is 0 Å². The van der Waals surface area contributed by atoms with Crippen molar-refractivity contribution in [3.05, 3.63) is 93.2 Å². The van der Waals surface area contributed by atoms with Crippen molar-refractivity contribution in [3.63, 3.8) is 0 Å². The van der Waals surface area contributed by atoms with Crippen LogP contribution in [0.25, 0.3) is 0 Å². The maximum atomic E-state index is 5.53. The first-order valence-electron chi connectivity index (χ1n) is 8.52. The fraction of sp³-hybridized carbons (Fsp3) is 0.273. The van der Waals surface area contributed by atoms with Gasteiger partial charge in [0.15, 0.2) is 0 Å². The Balaban J connectivity index is 2.02. The Morgan fingerprint density at radius 1 is 1.28 bits per heavy atom. The molecule has 1 nitrogen and oxygen atoms in total. The van der Waals surface area contributed by atoms with E-state index >= 15 is 0 Å². The van der Waals surface area contributed by atoms with E-state index in [2.05, 4.69) is 73.0 Å². The summed E-state index contributed by atoms with van der Waals surface area (Å²) in [7, 11) is 0. The molecule has 0 amide bonds.